The molecule has 0 saturated carbocycles. The number of nitrogens with two attached hydrogens (primary N) is 1. The minimum absolute atomic E-state index is 0.235. The lowest BCUT2D eigenvalue weighted by Crippen LogP contribution is -2.47. The van der Waals surface area contributed by atoms with E-state index >= 15 is 0 Å². The van der Waals surface area contributed by atoms with Gasteiger partial charge >= 0.3 is 5.97 Å². The molecule has 1 aromatic carbocycles. The van der Waals surface area contributed by atoms with Crippen LogP contribution in [0.15, 0.2) is 24.3 Å². The van der Waals surface area contributed by atoms with Crippen molar-refractivity contribution in [2.24, 2.45) is 5.73 Å². The van der Waals surface area contributed by atoms with Crippen molar-refractivity contribution >= 4 is 18.2 Å². The summed E-state index contributed by atoms with van der Waals surface area (Å²) >= 11 is 0. The topological polar surface area (TPSA) is 119 Å². The van der Waals surface area contributed by atoms with Gasteiger partial charge in [0, 0.05) is 6.42 Å². The summed E-state index contributed by atoms with van der Waals surface area (Å²) < 4.78 is 5.01. The van der Waals surface area contributed by atoms with E-state index < -0.39 is 30.4 Å². The molecule has 0 unspecified atom stereocenters. The largest absolute Gasteiger partial charge is 0.497 e. The lowest BCUT2D eigenvalue weighted by atomic mass is 10.1. The summed E-state index contributed by atoms with van der Waals surface area (Å²) in [5, 5.41) is 10.9. The first-order chi connectivity index (χ1) is 9.96. The van der Waals surface area contributed by atoms with E-state index in [4.69, 9.17) is 15.6 Å². The third-order valence-corrected chi connectivity index (χ3v) is 2.79. The number of ether oxygens (including phenoxy) is 1. The summed E-state index contributed by atoms with van der Waals surface area (Å²) in [6.45, 7) is 0. The van der Waals surface area contributed by atoms with E-state index in [0.29, 0.717) is 5.75 Å². The highest BCUT2D eigenvalue weighted by molar-refractivity contribution is 5.87. The van der Waals surface area contributed by atoms with Gasteiger partial charge < -0.3 is 20.9 Å². The maximum absolute atomic E-state index is 11.6. The maximum atomic E-state index is 11.6. The number of benzene rings is 1. The number of hydrogen-bond donors (Lipinski definition) is 3. The molecule has 2 atom stereocenters. The van der Waals surface area contributed by atoms with Crippen molar-refractivity contribution in [2.45, 2.75) is 24.9 Å². The Labute approximate surface area is 122 Å². The predicted octanol–water partition coefficient (Wildman–Crippen LogP) is -0.366. The second-order valence-corrected chi connectivity index (χ2v) is 4.44. The van der Waals surface area contributed by atoms with Crippen LogP contribution in [-0.4, -0.2) is 42.5 Å². The van der Waals surface area contributed by atoms with E-state index in [1.165, 1.54) is 0 Å². The summed E-state index contributed by atoms with van der Waals surface area (Å²) in [5.74, 6) is -1.20. The number of methoxy groups -OCH3 is 1. The number of amides is 1. The van der Waals surface area contributed by atoms with Gasteiger partial charge in [0.2, 0.25) is 12.2 Å². The normalized spacial score (nSPS) is 13.0. The molecule has 1 radical (unpaired) electrons. The molecule has 21 heavy (non-hydrogen) atoms. The molecule has 0 fully saturated rings. The zero-order valence-electron chi connectivity index (χ0n) is 11.5. The van der Waals surface area contributed by atoms with Crippen molar-refractivity contribution in [1.82, 2.24) is 5.32 Å². The third-order valence-electron chi connectivity index (χ3n) is 2.79. The lowest BCUT2D eigenvalue weighted by molar-refractivity contribution is -0.139. The number of carboxylic acid groups (broad SMARTS) is 1. The number of aliphatic carboxylic acids is 1. The molecule has 1 rings (SSSR count). The van der Waals surface area contributed by atoms with E-state index in [2.05, 4.69) is 5.32 Å². The summed E-state index contributed by atoms with van der Waals surface area (Å²) in [6.07, 6.45) is 1.44. The van der Waals surface area contributed by atoms with Crippen molar-refractivity contribution in [3.05, 3.63) is 29.8 Å². The Balaban J connectivity index is 2.59. The first kappa shape index (κ1) is 16.6. The number of carbonyl (C=O) groups excluding carboxylic acids is 2. The van der Waals surface area contributed by atoms with E-state index in [-0.39, 0.29) is 6.42 Å². The first-order valence-electron chi connectivity index (χ1n) is 6.24. The molecule has 0 aliphatic heterocycles. The molecule has 7 heteroatoms. The highest BCUT2D eigenvalue weighted by Gasteiger charge is 2.20. The fourth-order valence-electron chi connectivity index (χ4n) is 1.68. The Morgan fingerprint density at radius 1 is 1.38 bits per heavy atom. The fourth-order valence-corrected chi connectivity index (χ4v) is 1.68. The predicted molar refractivity (Wildman–Crippen MR) is 74.6 cm³/mol. The molecule has 0 aliphatic rings. The van der Waals surface area contributed by atoms with Crippen molar-refractivity contribution < 1.29 is 24.2 Å². The monoisotopic (exact) mass is 293 g/mol. The van der Waals surface area contributed by atoms with Gasteiger partial charge in [-0.3, -0.25) is 14.4 Å². The Morgan fingerprint density at radius 3 is 2.48 bits per heavy atom. The van der Waals surface area contributed by atoms with Crippen molar-refractivity contribution in [2.75, 3.05) is 7.11 Å². The van der Waals surface area contributed by atoms with E-state index in [9.17, 15) is 14.4 Å². The number of carbonyl (C=O) groups is 2. The number of hydrogen-bond acceptors (Lipinski definition) is 5. The van der Waals surface area contributed by atoms with E-state index in [0.717, 1.165) is 5.56 Å². The van der Waals surface area contributed by atoms with Gasteiger partial charge in [-0.25, -0.2) is 0 Å². The molecule has 1 amide bonds. The van der Waals surface area contributed by atoms with Gasteiger partial charge in [0.1, 0.15) is 5.75 Å². The molecule has 0 spiro atoms. The van der Waals surface area contributed by atoms with Crippen LogP contribution in [0, 0.1) is 0 Å². The minimum atomic E-state index is -1.20. The summed E-state index contributed by atoms with van der Waals surface area (Å²) in [5.41, 5.74) is 6.22. The molecule has 0 saturated heterocycles. The average Bonchev–Trinajstić information content (AvgIpc) is 2.46. The summed E-state index contributed by atoms with van der Waals surface area (Å²) in [7, 11) is 1.54. The minimum Gasteiger partial charge on any atom is -0.497 e. The zero-order chi connectivity index (χ0) is 15.8. The van der Waals surface area contributed by atoms with Crippen LogP contribution in [0.1, 0.15) is 12.0 Å². The van der Waals surface area contributed by atoms with Crippen LogP contribution in [0.3, 0.4) is 0 Å². The molecule has 113 valence electrons. The zero-order valence-corrected chi connectivity index (χ0v) is 11.5. The third kappa shape index (κ3) is 5.62. The van der Waals surface area contributed by atoms with Crippen LogP contribution in [0.5, 0.6) is 5.75 Å². The number of nitrogens with one attached hydrogen (secondary N) is 1. The van der Waals surface area contributed by atoms with Crippen molar-refractivity contribution in [1.29, 1.82) is 0 Å². The second-order valence-electron chi connectivity index (χ2n) is 4.44. The van der Waals surface area contributed by atoms with E-state index in [1.54, 1.807) is 37.7 Å². The van der Waals surface area contributed by atoms with Gasteiger partial charge in [0.05, 0.1) is 25.6 Å². The standard InChI is InChI=1S/C14H17N2O5/c1-21-11-4-2-9(3-5-11)6-10(8-17)16-14(20)12(15)7-13(18)19/h2-5,10,12H,6-7,15H2,1H3,(H,16,20)(H,18,19)/t10-,12-/m0/s1. The number of carboxylic acids is 1. The molecule has 4 N–H and O–H groups in total. The summed E-state index contributed by atoms with van der Waals surface area (Å²) in [6, 6.07) is 4.89. The highest BCUT2D eigenvalue weighted by atomic mass is 16.5. The van der Waals surface area contributed by atoms with E-state index in [1.807, 2.05) is 0 Å². The van der Waals surface area contributed by atoms with Crippen molar-refractivity contribution in [3.8, 4) is 5.75 Å². The second kappa shape index (κ2) is 8.01. The van der Waals surface area contributed by atoms with Gasteiger partial charge in [-0.05, 0) is 17.7 Å². The Kier molecular flexibility index (Phi) is 6.35. The summed E-state index contributed by atoms with van der Waals surface area (Å²) in [4.78, 5) is 33.0. The average molecular weight is 293 g/mol. The van der Waals surface area contributed by atoms with Gasteiger partial charge in [-0.15, -0.1) is 0 Å². The van der Waals surface area contributed by atoms with Crippen molar-refractivity contribution in [3.63, 3.8) is 0 Å². The Bertz CT molecular complexity index is 501. The lowest BCUT2D eigenvalue weighted by Gasteiger charge is -2.15. The highest BCUT2D eigenvalue weighted by Crippen LogP contribution is 2.12. The Morgan fingerprint density at radius 2 is 2.00 bits per heavy atom. The van der Waals surface area contributed by atoms with Crippen LogP contribution in [0.2, 0.25) is 0 Å². The number of rotatable bonds is 8. The van der Waals surface area contributed by atoms with Crippen LogP contribution in [0.25, 0.3) is 0 Å². The molecule has 0 aromatic heterocycles. The van der Waals surface area contributed by atoms with Crippen LogP contribution in [0.4, 0.5) is 0 Å². The SMILES string of the molecule is COc1ccc(C[C@@H]([C]=O)NC(=O)[C@@H](N)CC(=O)O)cc1. The van der Waals surface area contributed by atoms with Crippen LogP contribution in [-0.2, 0) is 20.8 Å². The van der Waals surface area contributed by atoms with Gasteiger partial charge in [-0.2, -0.15) is 0 Å². The smallest absolute Gasteiger partial charge is 0.305 e. The molecular weight excluding hydrogens is 276 g/mol. The van der Waals surface area contributed by atoms with Gasteiger partial charge in [0.25, 0.3) is 0 Å². The maximum Gasteiger partial charge on any atom is 0.305 e. The quantitative estimate of drug-likeness (QED) is 0.602. The van der Waals surface area contributed by atoms with Gasteiger partial charge in [-0.1, -0.05) is 12.1 Å². The molecular formula is C14H17N2O5. The molecule has 0 bridgehead atoms. The van der Waals surface area contributed by atoms with Crippen LogP contribution < -0.4 is 15.8 Å². The fraction of sp³-hybridized carbons (Fsp3) is 0.357. The molecule has 1 aromatic rings. The first-order valence-corrected chi connectivity index (χ1v) is 6.24. The van der Waals surface area contributed by atoms with Crippen LogP contribution >= 0.6 is 0 Å². The van der Waals surface area contributed by atoms with Gasteiger partial charge in [0.15, 0.2) is 0 Å². The Hall–Kier alpha value is -2.41. The molecule has 0 aliphatic carbocycles. The molecule has 7 nitrogen and oxygen atoms in total. The molecule has 0 heterocycles.